The number of ether oxygens (including phenoxy) is 1. The molecule has 2 N–H and O–H groups in total. The molecule has 0 radical (unpaired) electrons. The van der Waals surface area contributed by atoms with Crippen molar-refractivity contribution in [2.75, 3.05) is 19.7 Å². The first-order valence-corrected chi connectivity index (χ1v) is 10.3. The molecule has 2 rings (SSSR count). The molecule has 7 nitrogen and oxygen atoms in total. The number of nitrogens with one attached hydrogen (secondary N) is 2. The molecule has 7 heteroatoms. The van der Waals surface area contributed by atoms with Gasteiger partial charge in [-0.2, -0.15) is 0 Å². The molecule has 1 aromatic rings. The Morgan fingerprint density at radius 1 is 1.30 bits per heavy atom. The normalized spacial score (nSPS) is 21.3. The zero-order valence-corrected chi connectivity index (χ0v) is 18.0. The van der Waals surface area contributed by atoms with Crippen LogP contribution in [-0.2, 0) is 18.3 Å². The molecule has 2 heterocycles. The Hall–Kier alpha value is -1.63. The van der Waals surface area contributed by atoms with Crippen LogP contribution >= 0.6 is 0 Å². The average molecular weight is 379 g/mol. The lowest BCUT2D eigenvalue weighted by Crippen LogP contribution is -2.47. The van der Waals surface area contributed by atoms with Crippen LogP contribution in [0.25, 0.3) is 0 Å². The number of hydrogen-bond donors (Lipinski definition) is 2. The summed E-state index contributed by atoms with van der Waals surface area (Å²) in [6, 6.07) is 0. The standard InChI is InChI=1S/C20H38N6O/c1-7-8-11-21-19(23-14-17-25-24-15(2)26(17)6)22-13-16-10-9-12-27-18(16)20(3,4)5/h16,18H,7-14H2,1-6H3,(H2,21,22,23). The third-order valence-corrected chi connectivity index (χ3v) is 5.21. The van der Waals surface area contributed by atoms with Crippen molar-refractivity contribution >= 4 is 5.96 Å². The number of hydrogen-bond acceptors (Lipinski definition) is 4. The highest BCUT2D eigenvalue weighted by Crippen LogP contribution is 2.33. The number of unbranched alkanes of at least 4 members (excludes halogenated alkanes) is 1. The van der Waals surface area contributed by atoms with Gasteiger partial charge in [0.1, 0.15) is 12.4 Å². The van der Waals surface area contributed by atoms with E-state index < -0.39 is 0 Å². The van der Waals surface area contributed by atoms with E-state index in [1.165, 1.54) is 6.42 Å². The van der Waals surface area contributed by atoms with Crippen molar-refractivity contribution in [1.82, 2.24) is 25.4 Å². The summed E-state index contributed by atoms with van der Waals surface area (Å²) in [5, 5.41) is 15.3. The Kier molecular flexibility index (Phi) is 8.07. The summed E-state index contributed by atoms with van der Waals surface area (Å²) in [7, 11) is 1.98. The Morgan fingerprint density at radius 3 is 2.70 bits per heavy atom. The van der Waals surface area contributed by atoms with Gasteiger partial charge in [0.25, 0.3) is 0 Å². The molecule has 0 aromatic carbocycles. The third kappa shape index (κ3) is 6.48. The molecule has 1 aliphatic rings. The van der Waals surface area contributed by atoms with Crippen molar-refractivity contribution in [3.63, 3.8) is 0 Å². The van der Waals surface area contributed by atoms with Gasteiger partial charge in [-0.3, -0.25) is 0 Å². The summed E-state index contributed by atoms with van der Waals surface area (Å²) in [6.07, 6.45) is 4.88. The monoisotopic (exact) mass is 378 g/mol. The van der Waals surface area contributed by atoms with Gasteiger partial charge in [-0.25, -0.2) is 4.99 Å². The lowest BCUT2D eigenvalue weighted by molar-refractivity contribution is -0.0835. The van der Waals surface area contributed by atoms with Gasteiger partial charge in [0.05, 0.1) is 6.10 Å². The van der Waals surface area contributed by atoms with Crippen molar-refractivity contribution in [2.45, 2.75) is 73.0 Å². The zero-order valence-electron chi connectivity index (χ0n) is 18.0. The number of aliphatic imine (C=N–C) groups is 1. The van der Waals surface area contributed by atoms with Gasteiger partial charge in [0.15, 0.2) is 11.8 Å². The minimum absolute atomic E-state index is 0.149. The van der Waals surface area contributed by atoms with E-state index in [9.17, 15) is 0 Å². The van der Waals surface area contributed by atoms with E-state index in [4.69, 9.17) is 9.73 Å². The maximum Gasteiger partial charge on any atom is 0.191 e. The van der Waals surface area contributed by atoms with Crippen LogP contribution in [0.3, 0.4) is 0 Å². The summed E-state index contributed by atoms with van der Waals surface area (Å²) < 4.78 is 8.10. The van der Waals surface area contributed by atoms with Crippen LogP contribution in [0.15, 0.2) is 4.99 Å². The number of nitrogens with zero attached hydrogens (tertiary/aromatic N) is 4. The molecule has 27 heavy (non-hydrogen) atoms. The molecule has 1 aliphatic heterocycles. The number of aryl methyl sites for hydroxylation is 1. The fourth-order valence-electron chi connectivity index (χ4n) is 3.53. The fraction of sp³-hybridized carbons (Fsp3) is 0.850. The predicted octanol–water partition coefficient (Wildman–Crippen LogP) is 2.80. The number of aromatic nitrogens is 3. The first-order chi connectivity index (χ1) is 12.8. The van der Waals surface area contributed by atoms with Gasteiger partial charge < -0.3 is 19.9 Å². The fourth-order valence-corrected chi connectivity index (χ4v) is 3.53. The second kappa shape index (κ2) is 10.1. The van der Waals surface area contributed by atoms with E-state index in [2.05, 4.69) is 48.5 Å². The topological polar surface area (TPSA) is 76.4 Å². The van der Waals surface area contributed by atoms with E-state index >= 15 is 0 Å². The number of rotatable bonds is 7. The first-order valence-electron chi connectivity index (χ1n) is 10.3. The van der Waals surface area contributed by atoms with Gasteiger partial charge in [0.2, 0.25) is 0 Å². The smallest absolute Gasteiger partial charge is 0.191 e. The Balaban J connectivity index is 2.00. The molecule has 2 unspecified atom stereocenters. The summed E-state index contributed by atoms with van der Waals surface area (Å²) in [5.74, 6) is 3.12. The van der Waals surface area contributed by atoms with Crippen molar-refractivity contribution in [3.8, 4) is 0 Å². The second-order valence-electron chi connectivity index (χ2n) is 8.61. The highest BCUT2D eigenvalue weighted by atomic mass is 16.5. The molecule has 0 aliphatic carbocycles. The highest BCUT2D eigenvalue weighted by Gasteiger charge is 2.35. The number of guanidine groups is 1. The minimum Gasteiger partial charge on any atom is -0.377 e. The van der Waals surface area contributed by atoms with Gasteiger partial charge >= 0.3 is 0 Å². The largest absolute Gasteiger partial charge is 0.377 e. The third-order valence-electron chi connectivity index (χ3n) is 5.21. The lowest BCUT2D eigenvalue weighted by Gasteiger charge is -2.40. The van der Waals surface area contributed by atoms with Gasteiger partial charge in [-0.1, -0.05) is 34.1 Å². The zero-order chi connectivity index (χ0) is 19.9. The van der Waals surface area contributed by atoms with E-state index in [0.717, 1.165) is 56.6 Å². The molecule has 0 bridgehead atoms. The van der Waals surface area contributed by atoms with Crippen LogP contribution < -0.4 is 10.6 Å². The average Bonchev–Trinajstić information content (AvgIpc) is 2.95. The van der Waals surface area contributed by atoms with Crippen molar-refractivity contribution < 1.29 is 4.74 Å². The van der Waals surface area contributed by atoms with Gasteiger partial charge in [-0.15, -0.1) is 10.2 Å². The van der Waals surface area contributed by atoms with E-state index in [1.807, 2.05) is 18.5 Å². The van der Waals surface area contributed by atoms with Crippen molar-refractivity contribution in [2.24, 2.45) is 23.4 Å². The van der Waals surface area contributed by atoms with Crippen molar-refractivity contribution in [1.29, 1.82) is 0 Å². The lowest BCUT2D eigenvalue weighted by atomic mass is 9.78. The molecule has 0 amide bonds. The molecule has 2 atom stereocenters. The van der Waals surface area contributed by atoms with Crippen LogP contribution in [0.1, 0.15) is 65.0 Å². The Morgan fingerprint density at radius 2 is 2.07 bits per heavy atom. The maximum atomic E-state index is 6.11. The molecule has 1 aromatic heterocycles. The summed E-state index contributed by atoms with van der Waals surface area (Å²) >= 11 is 0. The van der Waals surface area contributed by atoms with E-state index in [0.29, 0.717) is 12.5 Å². The maximum absolute atomic E-state index is 6.11. The SMILES string of the molecule is CCCCNC(=NCc1nnc(C)n1C)NCC1CCCOC1C(C)(C)C. The molecule has 154 valence electrons. The van der Waals surface area contributed by atoms with E-state index in [1.54, 1.807) is 0 Å². The molecular formula is C20H38N6O. The Bertz CT molecular complexity index is 604. The molecular weight excluding hydrogens is 340 g/mol. The first kappa shape index (κ1) is 21.7. The minimum atomic E-state index is 0.149. The quantitative estimate of drug-likeness (QED) is 0.433. The van der Waals surface area contributed by atoms with Crippen LogP contribution in [0.4, 0.5) is 0 Å². The Labute approximate surface area is 164 Å². The summed E-state index contributed by atoms with van der Waals surface area (Å²) in [4.78, 5) is 4.74. The van der Waals surface area contributed by atoms with E-state index in [-0.39, 0.29) is 11.5 Å². The molecule has 1 fully saturated rings. The van der Waals surface area contributed by atoms with Crippen LogP contribution in [0.5, 0.6) is 0 Å². The summed E-state index contributed by atoms with van der Waals surface area (Å²) in [5.41, 5.74) is 0.149. The molecule has 1 saturated heterocycles. The van der Waals surface area contributed by atoms with Gasteiger partial charge in [0, 0.05) is 32.7 Å². The van der Waals surface area contributed by atoms with Crippen molar-refractivity contribution in [3.05, 3.63) is 11.6 Å². The van der Waals surface area contributed by atoms with Crippen LogP contribution in [0, 0.1) is 18.3 Å². The van der Waals surface area contributed by atoms with Crippen LogP contribution in [-0.4, -0.2) is 46.5 Å². The van der Waals surface area contributed by atoms with Crippen LogP contribution in [0.2, 0.25) is 0 Å². The highest BCUT2D eigenvalue weighted by molar-refractivity contribution is 5.79. The molecule has 0 spiro atoms. The van der Waals surface area contributed by atoms with Gasteiger partial charge in [-0.05, 0) is 31.6 Å². The second-order valence-corrected chi connectivity index (χ2v) is 8.61. The molecule has 0 saturated carbocycles. The summed E-state index contributed by atoms with van der Waals surface area (Å²) in [6.45, 7) is 14.1. The predicted molar refractivity (Wildman–Crippen MR) is 110 cm³/mol.